The Labute approximate surface area is 82.3 Å². The maximum atomic E-state index is 10.7. The van der Waals surface area contributed by atoms with Crippen molar-refractivity contribution in [2.45, 2.75) is 18.9 Å². The fraction of sp³-hybridized carbons (Fsp3) is 1.00. The first-order valence-corrected chi connectivity index (χ1v) is 6.65. The highest BCUT2D eigenvalue weighted by Gasteiger charge is 2.25. The van der Waals surface area contributed by atoms with Crippen molar-refractivity contribution >= 4 is 19.7 Å². The average Bonchev–Trinajstić information content (AvgIpc) is 2.03. The van der Waals surface area contributed by atoms with Crippen molar-refractivity contribution in [3.63, 3.8) is 0 Å². The van der Waals surface area contributed by atoms with E-state index >= 15 is 0 Å². The lowest BCUT2D eigenvalue weighted by atomic mass is 9.95. The van der Waals surface area contributed by atoms with Crippen LogP contribution in [0.4, 0.5) is 0 Å². The molecule has 0 bridgehead atoms. The second kappa shape index (κ2) is 4.59. The highest BCUT2D eigenvalue weighted by molar-refractivity contribution is 8.13. The zero-order valence-electron chi connectivity index (χ0n) is 7.15. The Morgan fingerprint density at radius 1 is 1.46 bits per heavy atom. The SMILES string of the molecule is O=S(=O)(Cl)CC(O)C1CCOCC1. The molecule has 0 aliphatic carbocycles. The van der Waals surface area contributed by atoms with Crippen LogP contribution in [0.1, 0.15) is 12.8 Å². The molecule has 1 atom stereocenters. The predicted molar refractivity (Wildman–Crippen MR) is 49.2 cm³/mol. The van der Waals surface area contributed by atoms with Crippen LogP contribution in [-0.2, 0) is 13.8 Å². The summed E-state index contributed by atoms with van der Waals surface area (Å²) in [4.78, 5) is 0. The average molecular weight is 229 g/mol. The summed E-state index contributed by atoms with van der Waals surface area (Å²) in [6.45, 7) is 1.17. The highest BCUT2D eigenvalue weighted by atomic mass is 35.7. The van der Waals surface area contributed by atoms with Gasteiger partial charge < -0.3 is 9.84 Å². The minimum absolute atomic E-state index is 0.00211. The Hall–Kier alpha value is 0.160. The van der Waals surface area contributed by atoms with E-state index in [4.69, 9.17) is 15.4 Å². The Morgan fingerprint density at radius 2 is 2.00 bits per heavy atom. The summed E-state index contributed by atoms with van der Waals surface area (Å²) in [6, 6.07) is 0. The van der Waals surface area contributed by atoms with Crippen LogP contribution >= 0.6 is 10.7 Å². The molecule has 6 heteroatoms. The van der Waals surface area contributed by atoms with Crippen molar-refractivity contribution in [3.8, 4) is 0 Å². The zero-order chi connectivity index (χ0) is 9.90. The normalized spacial score (nSPS) is 22.9. The molecule has 0 aromatic rings. The van der Waals surface area contributed by atoms with Gasteiger partial charge in [-0.1, -0.05) is 0 Å². The molecule has 1 N–H and O–H groups in total. The molecule has 4 nitrogen and oxygen atoms in total. The van der Waals surface area contributed by atoms with E-state index in [-0.39, 0.29) is 11.7 Å². The molecule has 0 radical (unpaired) electrons. The zero-order valence-corrected chi connectivity index (χ0v) is 8.72. The fourth-order valence-corrected chi connectivity index (χ4v) is 2.51. The van der Waals surface area contributed by atoms with Crippen LogP contribution in [0.3, 0.4) is 0 Å². The van der Waals surface area contributed by atoms with Gasteiger partial charge in [0.25, 0.3) is 0 Å². The Balaban J connectivity index is 2.42. The summed E-state index contributed by atoms with van der Waals surface area (Å²) in [7, 11) is 1.44. The van der Waals surface area contributed by atoms with Gasteiger partial charge >= 0.3 is 0 Å². The van der Waals surface area contributed by atoms with Crippen LogP contribution in [-0.4, -0.2) is 38.6 Å². The Bertz CT molecular complexity index is 245. The second-order valence-electron chi connectivity index (χ2n) is 3.22. The van der Waals surface area contributed by atoms with Crippen molar-refractivity contribution in [1.82, 2.24) is 0 Å². The molecule has 0 amide bonds. The van der Waals surface area contributed by atoms with Crippen molar-refractivity contribution in [2.75, 3.05) is 19.0 Å². The largest absolute Gasteiger partial charge is 0.392 e. The topological polar surface area (TPSA) is 63.6 Å². The molecule has 0 aromatic carbocycles. The molecule has 1 fully saturated rings. The molecule has 1 unspecified atom stereocenters. The van der Waals surface area contributed by atoms with Crippen molar-refractivity contribution in [3.05, 3.63) is 0 Å². The van der Waals surface area contributed by atoms with Crippen LogP contribution in [0, 0.1) is 5.92 Å². The molecule has 0 saturated carbocycles. The van der Waals surface area contributed by atoms with E-state index in [1.807, 2.05) is 0 Å². The molecule has 1 aliphatic rings. The first-order valence-electron chi connectivity index (χ1n) is 4.17. The number of ether oxygens (including phenoxy) is 1. The minimum atomic E-state index is -3.59. The highest BCUT2D eigenvalue weighted by Crippen LogP contribution is 2.20. The molecular weight excluding hydrogens is 216 g/mol. The van der Waals surface area contributed by atoms with Gasteiger partial charge in [-0.25, -0.2) is 8.42 Å². The Kier molecular flexibility index (Phi) is 3.97. The van der Waals surface area contributed by atoms with Gasteiger partial charge in [-0.05, 0) is 18.8 Å². The van der Waals surface area contributed by atoms with E-state index in [1.165, 1.54) is 0 Å². The van der Waals surface area contributed by atoms with Gasteiger partial charge in [0.05, 0.1) is 11.9 Å². The van der Waals surface area contributed by atoms with Gasteiger partial charge in [0, 0.05) is 23.9 Å². The maximum absolute atomic E-state index is 10.7. The van der Waals surface area contributed by atoms with Crippen LogP contribution in [0.15, 0.2) is 0 Å². The third-order valence-corrected chi connectivity index (χ3v) is 3.30. The quantitative estimate of drug-likeness (QED) is 0.708. The summed E-state index contributed by atoms with van der Waals surface area (Å²) in [5.74, 6) is -0.360. The molecule has 1 aliphatic heterocycles. The standard InChI is InChI=1S/C7H13ClO4S/c8-13(10,11)5-7(9)6-1-3-12-4-2-6/h6-7,9H,1-5H2. The Morgan fingerprint density at radius 3 is 2.46 bits per heavy atom. The van der Waals surface area contributed by atoms with E-state index in [0.29, 0.717) is 26.1 Å². The maximum Gasteiger partial charge on any atom is 0.235 e. The number of rotatable bonds is 3. The van der Waals surface area contributed by atoms with Crippen molar-refractivity contribution in [2.24, 2.45) is 5.92 Å². The van der Waals surface area contributed by atoms with Crippen LogP contribution in [0.25, 0.3) is 0 Å². The van der Waals surface area contributed by atoms with Gasteiger partial charge in [-0.15, -0.1) is 0 Å². The second-order valence-corrected chi connectivity index (χ2v) is 6.04. The van der Waals surface area contributed by atoms with Gasteiger partial charge in [-0.3, -0.25) is 0 Å². The first kappa shape index (κ1) is 11.2. The monoisotopic (exact) mass is 228 g/mol. The number of hydrogen-bond acceptors (Lipinski definition) is 4. The number of halogens is 1. The van der Waals surface area contributed by atoms with E-state index in [2.05, 4.69) is 0 Å². The smallest absolute Gasteiger partial charge is 0.235 e. The molecule has 1 rings (SSSR count). The third kappa shape index (κ3) is 4.26. The molecule has 78 valence electrons. The summed E-state index contributed by atoms with van der Waals surface area (Å²) in [6.07, 6.45) is 0.549. The van der Waals surface area contributed by atoms with Gasteiger partial charge in [-0.2, -0.15) is 0 Å². The minimum Gasteiger partial charge on any atom is -0.392 e. The number of aliphatic hydroxyl groups is 1. The van der Waals surface area contributed by atoms with E-state index in [9.17, 15) is 13.5 Å². The van der Waals surface area contributed by atoms with E-state index in [1.54, 1.807) is 0 Å². The van der Waals surface area contributed by atoms with Crippen LogP contribution < -0.4 is 0 Å². The summed E-state index contributed by atoms with van der Waals surface area (Å²) in [5, 5.41) is 9.49. The molecule has 0 spiro atoms. The van der Waals surface area contributed by atoms with Crippen LogP contribution in [0.2, 0.25) is 0 Å². The molecular formula is C7H13ClO4S. The molecule has 1 heterocycles. The van der Waals surface area contributed by atoms with E-state index < -0.39 is 15.2 Å². The molecule has 13 heavy (non-hydrogen) atoms. The fourth-order valence-electron chi connectivity index (χ4n) is 1.44. The summed E-state index contributed by atoms with van der Waals surface area (Å²) >= 11 is 0. The lowest BCUT2D eigenvalue weighted by molar-refractivity contribution is 0.0164. The third-order valence-electron chi connectivity index (χ3n) is 2.18. The molecule has 0 aromatic heterocycles. The van der Waals surface area contributed by atoms with Gasteiger partial charge in [0.15, 0.2) is 0 Å². The van der Waals surface area contributed by atoms with Gasteiger partial charge in [0.1, 0.15) is 0 Å². The summed E-state index contributed by atoms with van der Waals surface area (Å²) in [5.41, 5.74) is 0. The van der Waals surface area contributed by atoms with Crippen molar-refractivity contribution < 1.29 is 18.3 Å². The lowest BCUT2D eigenvalue weighted by Crippen LogP contribution is -2.31. The predicted octanol–water partition coefficient (Wildman–Crippen LogP) is 0.343. The van der Waals surface area contributed by atoms with E-state index in [0.717, 1.165) is 0 Å². The lowest BCUT2D eigenvalue weighted by Gasteiger charge is -2.25. The van der Waals surface area contributed by atoms with Crippen LogP contribution in [0.5, 0.6) is 0 Å². The first-order chi connectivity index (χ1) is 5.99. The van der Waals surface area contributed by atoms with Crippen molar-refractivity contribution in [1.29, 1.82) is 0 Å². The number of aliphatic hydroxyl groups excluding tert-OH is 1. The summed E-state index contributed by atoms with van der Waals surface area (Å²) < 4.78 is 26.4. The number of hydrogen-bond donors (Lipinski definition) is 1. The van der Waals surface area contributed by atoms with Gasteiger partial charge in [0.2, 0.25) is 9.05 Å². The molecule has 1 saturated heterocycles.